The van der Waals surface area contributed by atoms with E-state index in [1.807, 2.05) is 6.92 Å². The molecule has 0 aliphatic carbocycles. The average Bonchev–Trinajstić information content (AvgIpc) is 2.24. The molecule has 3 heteroatoms. The Morgan fingerprint density at radius 2 is 1.71 bits per heavy atom. The molecule has 2 rings (SSSR count). The van der Waals surface area contributed by atoms with Gasteiger partial charge in [-0.05, 0) is 55.8 Å². The first-order chi connectivity index (χ1) is 7.80. The maximum absolute atomic E-state index is 4.49. The van der Waals surface area contributed by atoms with Crippen molar-refractivity contribution in [2.75, 3.05) is 0 Å². The Morgan fingerprint density at radius 3 is 2.29 bits per heavy atom. The Morgan fingerprint density at radius 1 is 1.06 bits per heavy atom. The summed E-state index contributed by atoms with van der Waals surface area (Å²) in [6.45, 7) is 8.67. The van der Waals surface area contributed by atoms with E-state index in [2.05, 4.69) is 75.8 Å². The summed E-state index contributed by atoms with van der Waals surface area (Å²) in [5, 5.41) is 2.37. The van der Waals surface area contributed by atoms with Crippen LogP contribution in [-0.4, -0.2) is 4.98 Å². The second-order valence-corrected chi connectivity index (χ2v) is 6.86. The Kier molecular flexibility index (Phi) is 3.34. The minimum atomic E-state index is 0.158. The van der Waals surface area contributed by atoms with Crippen molar-refractivity contribution >= 4 is 42.6 Å². The number of rotatable bonds is 0. The molecule has 0 radical (unpaired) electrons. The topological polar surface area (TPSA) is 12.9 Å². The number of aromatic nitrogens is 1. The van der Waals surface area contributed by atoms with E-state index in [0.29, 0.717) is 0 Å². The molecule has 1 nitrogen and oxygen atoms in total. The molecular formula is C14H15Br2N. The Balaban J connectivity index is 2.79. The molecule has 0 saturated heterocycles. The lowest BCUT2D eigenvalue weighted by molar-refractivity contribution is 0.591. The lowest BCUT2D eigenvalue weighted by Crippen LogP contribution is -2.10. The highest BCUT2D eigenvalue weighted by atomic mass is 79.9. The Labute approximate surface area is 119 Å². The number of hydrogen-bond acceptors (Lipinski definition) is 1. The zero-order valence-corrected chi connectivity index (χ0v) is 13.6. The van der Waals surface area contributed by atoms with Gasteiger partial charge in [0.2, 0.25) is 0 Å². The van der Waals surface area contributed by atoms with E-state index < -0.39 is 0 Å². The van der Waals surface area contributed by atoms with Crippen LogP contribution >= 0.6 is 31.9 Å². The van der Waals surface area contributed by atoms with E-state index in [9.17, 15) is 0 Å². The molecule has 0 N–H and O–H groups in total. The summed E-state index contributed by atoms with van der Waals surface area (Å²) >= 11 is 7.16. The van der Waals surface area contributed by atoms with Crippen LogP contribution in [-0.2, 0) is 5.41 Å². The zero-order valence-electron chi connectivity index (χ0n) is 10.4. The minimum Gasteiger partial charge on any atom is -0.244 e. The Bertz CT molecular complexity index is 583. The summed E-state index contributed by atoms with van der Waals surface area (Å²) in [7, 11) is 0. The molecule has 0 aliphatic heterocycles. The van der Waals surface area contributed by atoms with Gasteiger partial charge >= 0.3 is 0 Å². The van der Waals surface area contributed by atoms with Crippen molar-refractivity contribution in [3.8, 4) is 0 Å². The monoisotopic (exact) mass is 355 g/mol. The molecule has 0 atom stereocenters. The summed E-state index contributed by atoms with van der Waals surface area (Å²) < 4.78 is 2.00. The first-order valence-electron chi connectivity index (χ1n) is 5.56. The van der Waals surface area contributed by atoms with Gasteiger partial charge in [-0.1, -0.05) is 32.9 Å². The lowest BCUT2D eigenvalue weighted by atomic mass is 9.86. The van der Waals surface area contributed by atoms with Crippen molar-refractivity contribution in [1.82, 2.24) is 4.98 Å². The first kappa shape index (κ1) is 13.0. The van der Waals surface area contributed by atoms with Crippen LogP contribution in [0.1, 0.15) is 32.0 Å². The summed E-state index contributed by atoms with van der Waals surface area (Å²) in [6, 6.07) is 6.58. The molecule has 0 unspecified atom stereocenters. The SMILES string of the molecule is Cc1nc(Br)c2cc(C(C)(C)C)ccc2c1Br. The molecule has 0 aliphatic rings. The van der Waals surface area contributed by atoms with Crippen molar-refractivity contribution in [2.45, 2.75) is 33.1 Å². The third-order valence-electron chi connectivity index (χ3n) is 2.93. The fourth-order valence-electron chi connectivity index (χ4n) is 1.82. The molecule has 1 heterocycles. The van der Waals surface area contributed by atoms with Crippen LogP contribution in [0.25, 0.3) is 10.8 Å². The van der Waals surface area contributed by atoms with Crippen LogP contribution in [0.2, 0.25) is 0 Å². The van der Waals surface area contributed by atoms with Gasteiger partial charge in [0, 0.05) is 15.2 Å². The van der Waals surface area contributed by atoms with Crippen molar-refractivity contribution in [3.63, 3.8) is 0 Å². The van der Waals surface area contributed by atoms with Gasteiger partial charge in [-0.25, -0.2) is 4.98 Å². The highest BCUT2D eigenvalue weighted by Crippen LogP contribution is 2.34. The maximum Gasteiger partial charge on any atom is 0.114 e. The van der Waals surface area contributed by atoms with Crippen molar-refractivity contribution < 1.29 is 0 Å². The summed E-state index contributed by atoms with van der Waals surface area (Å²) in [6.07, 6.45) is 0. The maximum atomic E-state index is 4.49. The number of pyridine rings is 1. The largest absolute Gasteiger partial charge is 0.244 e. The molecular weight excluding hydrogens is 342 g/mol. The van der Waals surface area contributed by atoms with E-state index in [0.717, 1.165) is 20.2 Å². The van der Waals surface area contributed by atoms with Gasteiger partial charge in [0.25, 0.3) is 0 Å². The number of fused-ring (bicyclic) bond motifs is 1. The van der Waals surface area contributed by atoms with E-state index >= 15 is 0 Å². The highest BCUT2D eigenvalue weighted by molar-refractivity contribution is 9.11. The third kappa shape index (κ3) is 2.41. The van der Waals surface area contributed by atoms with Crippen molar-refractivity contribution in [2.24, 2.45) is 0 Å². The minimum absolute atomic E-state index is 0.158. The smallest absolute Gasteiger partial charge is 0.114 e. The average molecular weight is 357 g/mol. The molecule has 0 amide bonds. The van der Waals surface area contributed by atoms with Gasteiger partial charge in [0.1, 0.15) is 4.60 Å². The van der Waals surface area contributed by atoms with Gasteiger partial charge in [-0.2, -0.15) is 0 Å². The lowest BCUT2D eigenvalue weighted by Gasteiger charge is -2.20. The normalized spacial score (nSPS) is 12.1. The van der Waals surface area contributed by atoms with E-state index in [1.165, 1.54) is 10.9 Å². The molecule has 0 bridgehead atoms. The number of halogens is 2. The summed E-state index contributed by atoms with van der Waals surface area (Å²) in [5.41, 5.74) is 2.49. The number of aryl methyl sites for hydroxylation is 1. The van der Waals surface area contributed by atoms with Gasteiger partial charge < -0.3 is 0 Å². The molecule has 17 heavy (non-hydrogen) atoms. The highest BCUT2D eigenvalue weighted by Gasteiger charge is 2.16. The fraction of sp³-hybridized carbons (Fsp3) is 0.357. The number of nitrogens with zero attached hydrogens (tertiary/aromatic N) is 1. The fourth-order valence-corrected chi connectivity index (χ4v) is 2.85. The van der Waals surface area contributed by atoms with Crippen LogP contribution < -0.4 is 0 Å². The van der Waals surface area contributed by atoms with Gasteiger partial charge in [-0.3, -0.25) is 0 Å². The first-order valence-corrected chi connectivity index (χ1v) is 7.15. The predicted octanol–water partition coefficient (Wildman–Crippen LogP) is 5.37. The molecule has 1 aromatic carbocycles. The zero-order chi connectivity index (χ0) is 12.8. The van der Waals surface area contributed by atoms with Gasteiger partial charge in [0.15, 0.2) is 0 Å². The van der Waals surface area contributed by atoms with Crippen LogP contribution in [0.5, 0.6) is 0 Å². The second kappa shape index (κ2) is 4.36. The van der Waals surface area contributed by atoms with Gasteiger partial charge in [-0.15, -0.1) is 0 Å². The van der Waals surface area contributed by atoms with Crippen LogP contribution in [0.4, 0.5) is 0 Å². The molecule has 1 aromatic heterocycles. The van der Waals surface area contributed by atoms with Crippen LogP contribution in [0, 0.1) is 6.92 Å². The van der Waals surface area contributed by atoms with Gasteiger partial charge in [0.05, 0.1) is 5.69 Å². The van der Waals surface area contributed by atoms with Crippen LogP contribution in [0.15, 0.2) is 27.3 Å². The third-order valence-corrected chi connectivity index (χ3v) is 4.53. The molecule has 0 saturated carbocycles. The summed E-state index contributed by atoms with van der Waals surface area (Å²) in [4.78, 5) is 4.49. The second-order valence-electron chi connectivity index (χ2n) is 5.31. The Hall–Kier alpha value is -0.410. The number of benzene rings is 1. The van der Waals surface area contributed by atoms with Crippen LogP contribution in [0.3, 0.4) is 0 Å². The van der Waals surface area contributed by atoms with Crippen molar-refractivity contribution in [1.29, 1.82) is 0 Å². The van der Waals surface area contributed by atoms with Crippen molar-refractivity contribution in [3.05, 3.63) is 38.5 Å². The van der Waals surface area contributed by atoms with E-state index in [1.54, 1.807) is 0 Å². The molecule has 0 fully saturated rings. The van der Waals surface area contributed by atoms with E-state index in [-0.39, 0.29) is 5.41 Å². The summed E-state index contributed by atoms with van der Waals surface area (Å²) in [5.74, 6) is 0. The quantitative estimate of drug-likeness (QED) is 0.578. The molecule has 0 spiro atoms. The standard InChI is InChI=1S/C14H15Br2N/c1-8-12(15)10-6-5-9(14(2,3)4)7-11(10)13(16)17-8/h5-7H,1-4H3. The molecule has 2 aromatic rings. The predicted molar refractivity (Wildman–Crippen MR) is 80.6 cm³/mol. The number of hydrogen-bond donors (Lipinski definition) is 0. The van der Waals surface area contributed by atoms with E-state index in [4.69, 9.17) is 0 Å². The molecule has 90 valence electrons.